The first-order valence-electron chi connectivity index (χ1n) is 11.4. The van der Waals surface area contributed by atoms with Crippen molar-refractivity contribution >= 4 is 6.09 Å². The summed E-state index contributed by atoms with van der Waals surface area (Å²) in [7, 11) is 0. The molecule has 0 spiro atoms. The lowest BCUT2D eigenvalue weighted by Gasteiger charge is -2.12. The second kappa shape index (κ2) is 10.2. The summed E-state index contributed by atoms with van der Waals surface area (Å²) in [6.07, 6.45) is 2.73. The number of ether oxygens (including phenoxy) is 2. The molecule has 0 atom stereocenters. The van der Waals surface area contributed by atoms with Gasteiger partial charge in [0.2, 0.25) is 0 Å². The molecule has 0 aliphatic carbocycles. The Morgan fingerprint density at radius 2 is 1.44 bits per heavy atom. The maximum absolute atomic E-state index is 13.7. The number of hydrogen-bond donors (Lipinski definition) is 0. The van der Waals surface area contributed by atoms with E-state index < -0.39 is 6.09 Å². The first kappa shape index (κ1) is 23.0. The fourth-order valence-corrected chi connectivity index (χ4v) is 3.86. The third kappa shape index (κ3) is 4.72. The highest BCUT2D eigenvalue weighted by Crippen LogP contribution is 2.37. The monoisotopic (exact) mass is 479 g/mol. The van der Waals surface area contributed by atoms with Gasteiger partial charge in [0.1, 0.15) is 17.3 Å². The quantitative estimate of drug-likeness (QED) is 0.257. The molecule has 5 aromatic rings. The van der Waals surface area contributed by atoms with E-state index in [9.17, 15) is 9.18 Å². The zero-order valence-electron chi connectivity index (χ0n) is 19.5. The van der Waals surface area contributed by atoms with Gasteiger partial charge in [-0.2, -0.15) is 0 Å². The highest BCUT2D eigenvalue weighted by Gasteiger charge is 2.26. The molecule has 178 valence electrons. The molecule has 0 N–H and O–H groups in total. The predicted octanol–water partition coefficient (Wildman–Crippen LogP) is 7.22. The predicted molar refractivity (Wildman–Crippen MR) is 135 cm³/mol. The van der Waals surface area contributed by atoms with Crippen molar-refractivity contribution in [2.75, 3.05) is 6.61 Å². The minimum Gasteiger partial charge on any atom is -0.457 e. The van der Waals surface area contributed by atoms with Crippen LogP contribution in [0.3, 0.4) is 0 Å². The summed E-state index contributed by atoms with van der Waals surface area (Å²) in [6, 6.07) is 26.3. The van der Waals surface area contributed by atoms with E-state index in [0.29, 0.717) is 34.1 Å². The number of hydrogen-bond acceptors (Lipinski definition) is 5. The lowest BCUT2D eigenvalue weighted by molar-refractivity contribution is 0.154. The van der Waals surface area contributed by atoms with Crippen LogP contribution >= 0.6 is 0 Å². The molecular weight excluding hydrogens is 457 g/mol. The summed E-state index contributed by atoms with van der Waals surface area (Å²) in [5.41, 5.74) is 3.12. The number of rotatable bonds is 6. The van der Waals surface area contributed by atoms with Crippen LogP contribution in [-0.4, -0.2) is 27.2 Å². The minimum absolute atomic E-state index is 0.188. The van der Waals surface area contributed by atoms with Crippen molar-refractivity contribution in [3.63, 3.8) is 0 Å². The second-order valence-electron chi connectivity index (χ2n) is 7.85. The zero-order chi connectivity index (χ0) is 24.9. The van der Waals surface area contributed by atoms with E-state index in [1.165, 1.54) is 16.7 Å². The van der Waals surface area contributed by atoms with E-state index in [-0.39, 0.29) is 12.4 Å². The number of carbonyl (C=O) groups excluding carboxylic acids is 1. The molecule has 6 nitrogen and oxygen atoms in total. The molecule has 0 fully saturated rings. The van der Waals surface area contributed by atoms with Crippen molar-refractivity contribution < 1.29 is 18.7 Å². The maximum atomic E-state index is 13.7. The van der Waals surface area contributed by atoms with Crippen LogP contribution in [0.2, 0.25) is 0 Å². The third-order valence-corrected chi connectivity index (χ3v) is 5.49. The van der Waals surface area contributed by atoms with Crippen molar-refractivity contribution in [2.24, 2.45) is 0 Å². The maximum Gasteiger partial charge on any atom is 0.420 e. The average Bonchev–Trinajstić information content (AvgIpc) is 3.32. The number of pyridine rings is 1. The first-order valence-corrected chi connectivity index (χ1v) is 11.4. The Morgan fingerprint density at radius 1 is 0.806 bits per heavy atom. The van der Waals surface area contributed by atoms with Crippen molar-refractivity contribution in [3.8, 4) is 45.4 Å². The van der Waals surface area contributed by atoms with Crippen LogP contribution in [0.15, 0.2) is 103 Å². The van der Waals surface area contributed by atoms with E-state index in [2.05, 4.69) is 4.98 Å². The summed E-state index contributed by atoms with van der Waals surface area (Å²) in [5, 5.41) is 0. The normalized spacial score (nSPS) is 10.7. The summed E-state index contributed by atoms with van der Waals surface area (Å²) in [4.78, 5) is 22.2. The van der Waals surface area contributed by atoms with Crippen LogP contribution in [-0.2, 0) is 4.74 Å². The van der Waals surface area contributed by atoms with Crippen LogP contribution < -0.4 is 4.74 Å². The molecule has 7 heteroatoms. The topological polar surface area (TPSA) is 66.2 Å². The van der Waals surface area contributed by atoms with Gasteiger partial charge in [0.25, 0.3) is 0 Å². The van der Waals surface area contributed by atoms with E-state index in [4.69, 9.17) is 14.5 Å². The first-order chi connectivity index (χ1) is 17.6. The Hall–Kier alpha value is -4.78. The number of carbonyl (C=O) groups is 1. The van der Waals surface area contributed by atoms with Crippen LogP contribution in [0.4, 0.5) is 9.18 Å². The standard InChI is InChI=1S/C29H22FN3O3/c1-2-35-29(34)33-27(21-8-12-23(30)13-9-21)26(20-16-18-31-19-17-20)32-28(33)22-10-14-25(15-11-22)36-24-6-4-3-5-7-24/h3-19H,2H2,1H3. The number of aromatic nitrogens is 3. The van der Waals surface area contributed by atoms with Gasteiger partial charge in [0, 0.05) is 29.1 Å². The van der Waals surface area contributed by atoms with Gasteiger partial charge in [-0.05, 0) is 79.7 Å². The van der Waals surface area contributed by atoms with Gasteiger partial charge in [0.15, 0.2) is 5.82 Å². The molecule has 3 aromatic carbocycles. The molecule has 36 heavy (non-hydrogen) atoms. The molecule has 2 aromatic heterocycles. The fourth-order valence-electron chi connectivity index (χ4n) is 3.86. The van der Waals surface area contributed by atoms with Crippen LogP contribution in [0.1, 0.15) is 6.92 Å². The lowest BCUT2D eigenvalue weighted by atomic mass is 10.1. The number of halogens is 1. The Kier molecular flexibility index (Phi) is 6.53. The lowest BCUT2D eigenvalue weighted by Crippen LogP contribution is -2.16. The molecular formula is C29H22FN3O3. The molecule has 0 saturated carbocycles. The molecule has 5 rings (SSSR count). The van der Waals surface area contributed by atoms with Gasteiger partial charge >= 0.3 is 6.09 Å². The van der Waals surface area contributed by atoms with E-state index in [1.54, 1.807) is 31.5 Å². The number of imidazole rings is 1. The highest BCUT2D eigenvalue weighted by atomic mass is 19.1. The van der Waals surface area contributed by atoms with Gasteiger partial charge < -0.3 is 9.47 Å². The van der Waals surface area contributed by atoms with Gasteiger partial charge in [0.05, 0.1) is 18.0 Å². The Bertz CT molecular complexity index is 1470. The molecule has 0 aliphatic heterocycles. The van der Waals surface area contributed by atoms with Crippen molar-refractivity contribution in [1.29, 1.82) is 0 Å². The number of para-hydroxylation sites is 1. The summed E-state index contributed by atoms with van der Waals surface area (Å²) < 4.78 is 26.5. The molecule has 0 aliphatic rings. The second-order valence-corrected chi connectivity index (χ2v) is 7.85. The summed E-state index contributed by atoms with van der Waals surface area (Å²) in [5.74, 6) is 1.38. The van der Waals surface area contributed by atoms with Crippen LogP contribution in [0.25, 0.3) is 33.9 Å². The van der Waals surface area contributed by atoms with Gasteiger partial charge in [-0.15, -0.1) is 0 Å². The minimum atomic E-state index is -0.579. The van der Waals surface area contributed by atoms with Crippen LogP contribution in [0.5, 0.6) is 11.5 Å². The van der Waals surface area contributed by atoms with Crippen molar-refractivity contribution in [3.05, 3.63) is 109 Å². The molecule has 0 bridgehead atoms. The molecule has 0 saturated heterocycles. The Balaban J connectivity index is 1.66. The van der Waals surface area contributed by atoms with E-state index in [1.807, 2.05) is 66.7 Å². The van der Waals surface area contributed by atoms with Gasteiger partial charge in [-0.25, -0.2) is 18.7 Å². The third-order valence-electron chi connectivity index (χ3n) is 5.49. The van der Waals surface area contributed by atoms with Crippen molar-refractivity contribution in [2.45, 2.75) is 6.92 Å². The zero-order valence-corrected chi connectivity index (χ0v) is 19.5. The Morgan fingerprint density at radius 3 is 2.11 bits per heavy atom. The van der Waals surface area contributed by atoms with E-state index >= 15 is 0 Å². The molecule has 0 unspecified atom stereocenters. The highest BCUT2D eigenvalue weighted by molar-refractivity contribution is 5.91. The fraction of sp³-hybridized carbons (Fsp3) is 0.0690. The Labute approximate surface area is 207 Å². The number of benzene rings is 3. The van der Waals surface area contributed by atoms with Crippen molar-refractivity contribution in [1.82, 2.24) is 14.5 Å². The van der Waals surface area contributed by atoms with Crippen LogP contribution in [0, 0.1) is 5.82 Å². The van der Waals surface area contributed by atoms with Gasteiger partial charge in [-0.1, -0.05) is 18.2 Å². The summed E-state index contributed by atoms with van der Waals surface area (Å²) in [6.45, 7) is 1.93. The molecule has 0 radical (unpaired) electrons. The number of nitrogens with zero attached hydrogens (tertiary/aromatic N) is 3. The smallest absolute Gasteiger partial charge is 0.420 e. The average molecular weight is 480 g/mol. The summed E-state index contributed by atoms with van der Waals surface area (Å²) >= 11 is 0. The molecule has 0 amide bonds. The van der Waals surface area contributed by atoms with E-state index in [0.717, 1.165) is 11.3 Å². The SMILES string of the molecule is CCOC(=O)n1c(-c2ccc(Oc3ccccc3)cc2)nc(-c2ccncc2)c1-c1ccc(F)cc1. The largest absolute Gasteiger partial charge is 0.457 e. The molecule has 2 heterocycles. The van der Waals surface area contributed by atoms with Gasteiger partial charge in [-0.3, -0.25) is 4.98 Å².